The van der Waals surface area contributed by atoms with Crippen LogP contribution in [0, 0.1) is 69.8 Å². The first-order valence-electron chi connectivity index (χ1n) is 35.3. The first kappa shape index (κ1) is 90.5. The van der Waals surface area contributed by atoms with Gasteiger partial charge in [0.2, 0.25) is 0 Å². The van der Waals surface area contributed by atoms with Crippen LogP contribution in [0.4, 0.5) is 96.6 Å². The van der Waals surface area contributed by atoms with Crippen LogP contribution >= 0.6 is 0 Å². The minimum Gasteiger partial charge on any atom is -0.426 e. The van der Waals surface area contributed by atoms with Crippen molar-refractivity contribution >= 4 is 0 Å². The maximum atomic E-state index is 14.1. The van der Waals surface area contributed by atoms with Crippen LogP contribution in [-0.4, -0.2) is 0 Å². The molecule has 0 N–H and O–H groups in total. The van der Waals surface area contributed by atoms with E-state index in [1.54, 1.807) is 45.9 Å². The second-order valence-corrected chi connectivity index (χ2v) is 24.7. The lowest BCUT2D eigenvalue weighted by atomic mass is 10.1. The lowest BCUT2D eigenvalue weighted by molar-refractivity contribution is -0.189. The zero-order chi connectivity index (χ0) is 83.4. The smallest absolute Gasteiger partial charge is 0.426 e. The van der Waals surface area contributed by atoms with E-state index in [1.807, 2.05) is 27.7 Å². The molecule has 112 heavy (non-hydrogen) atoms. The molecule has 27 heteroatoms. The molecule has 0 aliphatic heterocycles. The van der Waals surface area contributed by atoms with Crippen molar-refractivity contribution in [1.29, 1.82) is 0 Å². The van der Waals surface area contributed by atoms with Crippen molar-refractivity contribution in [3.63, 3.8) is 0 Å². The molecule has 0 aromatic heterocycles. The highest BCUT2D eigenvalue weighted by Crippen LogP contribution is 2.41. The zero-order valence-corrected chi connectivity index (χ0v) is 62.1. The molecule has 0 heterocycles. The Labute approximate surface area is 633 Å². The van der Waals surface area contributed by atoms with Crippen LogP contribution in [0.15, 0.2) is 170 Å². The largest absolute Gasteiger partial charge is 0.429 e. The Balaban J connectivity index is 0.000000218. The summed E-state index contributed by atoms with van der Waals surface area (Å²) in [6.07, 6.45) is -15.4. The third-order valence-corrected chi connectivity index (χ3v) is 17.2. The van der Waals surface area contributed by atoms with Crippen LogP contribution in [0.2, 0.25) is 0 Å². The minimum absolute atomic E-state index is 0.0253. The van der Waals surface area contributed by atoms with Gasteiger partial charge in [0.05, 0.1) is 27.8 Å². The Hall–Kier alpha value is -10.3. The standard InChI is InChI=1S/C17H14F6O.C17H15F5O.2C17H16F4O.C17H17F3O/c1-3-9-5-14(20)16(15(21)6-9)24-17(22,23)10-7-12(18)11(4-2)13(19)8-10;1-3-10-5-6-16(15(20)7-10)23-17(21,22)11-8-13(18)12(4-2)14(19)9-11;1-3-11-5-8-16(15(19)9-11)22-17(20,21)13-7-6-12(4-2)14(18)10-13;1-3-11-5-7-13(14(18)9-11)17(20,21)22-16-8-6-12(4-2)10-15(16)19;1-3-12-5-8-14(9-6-12)17(19,20)21-16-10-7-13(4-2)11-15(16)18/h5-8H,3-4H2,1-2H3;5-9H,3-4H2,1-2H3;2*5-10H,3-4H2,1-2H3;5-11H,3-4H2,1-2H3. The van der Waals surface area contributed by atoms with E-state index in [0.29, 0.717) is 97.0 Å². The van der Waals surface area contributed by atoms with Gasteiger partial charge in [0, 0.05) is 11.1 Å². The number of ether oxygens (including phenoxy) is 5. The van der Waals surface area contributed by atoms with Crippen LogP contribution in [0.25, 0.3) is 0 Å². The summed E-state index contributed by atoms with van der Waals surface area (Å²) in [7, 11) is 0. The molecule has 0 saturated heterocycles. The topological polar surface area (TPSA) is 46.2 Å². The lowest BCUT2D eigenvalue weighted by Crippen LogP contribution is -2.24. The SMILES string of the molecule is CCc1cc(F)c(OC(F)(F)c2cc(F)c(CC)c(F)c2)c(F)c1.CCc1ccc(C(F)(F)Oc2ccc(CC)cc2F)cc1.CCc1ccc(OC(F)(F)c2cc(F)c(CC)c(F)c2)c(F)c1.CCc1ccc(OC(F)(F)c2ccc(CC)c(F)c2)c(F)c1.CCc1ccc(OC(F)(F)c2ccc(CC)cc2F)c(F)c1. The molecule has 5 nitrogen and oxygen atoms in total. The molecular formula is C85H78F22O5. The summed E-state index contributed by atoms with van der Waals surface area (Å²) in [5.41, 5.74) is 0.116. The molecule has 10 aromatic carbocycles. The number of halogens is 22. The Bertz CT molecular complexity index is 4730. The maximum Gasteiger partial charge on any atom is 0.429 e. The summed E-state index contributed by atoms with van der Waals surface area (Å²) in [6.45, 7) is 17.3. The summed E-state index contributed by atoms with van der Waals surface area (Å²) in [4.78, 5) is 0. The number of hydrogen-bond donors (Lipinski definition) is 0. The zero-order valence-electron chi connectivity index (χ0n) is 62.1. The van der Waals surface area contributed by atoms with Crippen LogP contribution < -0.4 is 23.7 Å². The van der Waals surface area contributed by atoms with E-state index in [4.69, 9.17) is 0 Å². The van der Waals surface area contributed by atoms with Gasteiger partial charge in [-0.25, -0.2) is 52.7 Å². The van der Waals surface area contributed by atoms with Crippen molar-refractivity contribution in [2.24, 2.45) is 0 Å². The molecule has 0 fully saturated rings. The molecule has 0 atom stereocenters. The van der Waals surface area contributed by atoms with Gasteiger partial charge >= 0.3 is 30.5 Å². The first-order valence-corrected chi connectivity index (χ1v) is 35.3. The summed E-state index contributed by atoms with van der Waals surface area (Å²) < 4.78 is 327. The Kier molecular flexibility index (Phi) is 32.1. The molecule has 0 radical (unpaired) electrons. The van der Waals surface area contributed by atoms with E-state index in [-0.39, 0.29) is 35.1 Å². The Morgan fingerprint density at radius 2 is 0.473 bits per heavy atom. The summed E-state index contributed by atoms with van der Waals surface area (Å²) in [5, 5.41) is 0. The Morgan fingerprint density at radius 3 is 0.777 bits per heavy atom. The monoisotopic (exact) mass is 1600 g/mol. The van der Waals surface area contributed by atoms with Crippen molar-refractivity contribution < 1.29 is 120 Å². The molecule has 10 aromatic rings. The van der Waals surface area contributed by atoms with Crippen LogP contribution in [0.3, 0.4) is 0 Å². The van der Waals surface area contributed by atoms with Crippen LogP contribution in [-0.2, 0) is 94.8 Å². The molecule has 10 rings (SSSR count). The molecule has 0 bridgehead atoms. The van der Waals surface area contributed by atoms with E-state index in [0.717, 1.165) is 90.3 Å². The summed E-state index contributed by atoms with van der Waals surface area (Å²) >= 11 is 0. The third-order valence-electron chi connectivity index (χ3n) is 17.2. The molecule has 0 spiro atoms. The predicted octanol–water partition coefficient (Wildman–Crippen LogP) is 26.4. The fourth-order valence-corrected chi connectivity index (χ4v) is 10.5. The number of rotatable bonds is 25. The molecule has 0 saturated carbocycles. The second kappa shape index (κ2) is 39.7. The van der Waals surface area contributed by atoms with E-state index in [2.05, 4.69) is 23.7 Å². The maximum absolute atomic E-state index is 14.1. The molecular weight excluding hydrogens is 1520 g/mol. The number of benzene rings is 10. The van der Waals surface area contributed by atoms with Crippen molar-refractivity contribution in [1.82, 2.24) is 0 Å². The van der Waals surface area contributed by atoms with Gasteiger partial charge in [0.1, 0.15) is 34.9 Å². The molecule has 0 amide bonds. The van der Waals surface area contributed by atoms with Gasteiger partial charge in [-0.15, -0.1) is 0 Å². The average molecular weight is 1600 g/mol. The van der Waals surface area contributed by atoms with E-state index in [9.17, 15) is 96.6 Å². The number of aryl methyl sites for hydroxylation is 8. The fourth-order valence-electron chi connectivity index (χ4n) is 10.5. The number of alkyl halides is 10. The van der Waals surface area contributed by atoms with Gasteiger partial charge in [-0.1, -0.05) is 118 Å². The first-order chi connectivity index (χ1) is 52.7. The van der Waals surface area contributed by atoms with Gasteiger partial charge in [0.15, 0.2) is 63.7 Å². The second-order valence-electron chi connectivity index (χ2n) is 24.7. The van der Waals surface area contributed by atoms with Crippen molar-refractivity contribution in [2.75, 3.05) is 0 Å². The average Bonchev–Trinajstić information content (AvgIpc) is 0.788. The molecule has 602 valence electrons. The van der Waals surface area contributed by atoms with E-state index in [1.165, 1.54) is 68.4 Å². The fraction of sp³-hybridized carbons (Fsp3) is 0.294. The Morgan fingerprint density at radius 1 is 0.205 bits per heavy atom. The van der Waals surface area contributed by atoms with Crippen molar-refractivity contribution in [3.8, 4) is 28.7 Å². The third kappa shape index (κ3) is 24.1. The number of hydrogen-bond acceptors (Lipinski definition) is 5. The van der Waals surface area contributed by atoms with Gasteiger partial charge in [-0.3, -0.25) is 0 Å². The molecule has 0 aliphatic carbocycles. The predicted molar refractivity (Wildman–Crippen MR) is 380 cm³/mol. The summed E-state index contributed by atoms with van der Waals surface area (Å²) in [5.74, 6) is -16.1. The highest BCUT2D eigenvalue weighted by Gasteiger charge is 2.42. The highest BCUT2D eigenvalue weighted by molar-refractivity contribution is 5.39. The van der Waals surface area contributed by atoms with Crippen molar-refractivity contribution in [3.05, 3.63) is 323 Å². The van der Waals surface area contributed by atoms with Crippen molar-refractivity contribution in [2.45, 2.75) is 164 Å². The normalized spacial score (nSPS) is 11.6. The minimum atomic E-state index is -4.32. The van der Waals surface area contributed by atoms with Crippen LogP contribution in [0.1, 0.15) is 153 Å². The highest BCUT2D eigenvalue weighted by atomic mass is 19.3. The van der Waals surface area contributed by atoms with E-state index < -0.39 is 151 Å². The van der Waals surface area contributed by atoms with Gasteiger partial charge < -0.3 is 23.7 Å². The van der Waals surface area contributed by atoms with E-state index >= 15 is 0 Å². The lowest BCUT2D eigenvalue weighted by Gasteiger charge is -2.20. The molecule has 0 aliphatic rings. The summed E-state index contributed by atoms with van der Waals surface area (Å²) in [6, 6.07) is 31.0. The van der Waals surface area contributed by atoms with Gasteiger partial charge in [-0.2, -0.15) is 43.9 Å². The van der Waals surface area contributed by atoms with Gasteiger partial charge in [-0.05, 0) is 230 Å². The van der Waals surface area contributed by atoms with Crippen LogP contribution in [0.5, 0.6) is 28.7 Å². The van der Waals surface area contributed by atoms with Gasteiger partial charge in [0.25, 0.3) is 0 Å². The molecule has 0 unspecified atom stereocenters. The quantitative estimate of drug-likeness (QED) is 0.0534.